The van der Waals surface area contributed by atoms with Gasteiger partial charge in [0.1, 0.15) is 5.82 Å². The molecular weight excluding hydrogens is 262 g/mol. The maximum atomic E-state index is 11.9. The lowest BCUT2D eigenvalue weighted by Gasteiger charge is -2.11. The molecule has 1 rings (SSSR count). The monoisotopic (exact) mass is 283 g/mol. The molecule has 1 aromatic heterocycles. The number of nitrogens with one attached hydrogen (secondary N) is 2. The molecule has 0 radical (unpaired) electrons. The van der Waals surface area contributed by atoms with Crippen LogP contribution in [0.2, 0.25) is 5.02 Å². The number of hydrogen-bond acceptors (Lipinski definition) is 3. The Morgan fingerprint density at radius 1 is 1.47 bits per heavy atom. The van der Waals surface area contributed by atoms with E-state index in [9.17, 15) is 4.79 Å². The van der Waals surface area contributed by atoms with Crippen LogP contribution in [0.5, 0.6) is 0 Å². The Balaban J connectivity index is 2.63. The van der Waals surface area contributed by atoms with Crippen LogP contribution in [0.25, 0.3) is 0 Å². The number of aromatic nitrogens is 1. The maximum Gasteiger partial charge on any atom is 0.252 e. The van der Waals surface area contributed by atoms with Crippen LogP contribution < -0.4 is 10.6 Å². The van der Waals surface area contributed by atoms with Gasteiger partial charge in [-0.05, 0) is 18.4 Å². The van der Waals surface area contributed by atoms with Gasteiger partial charge < -0.3 is 10.6 Å². The van der Waals surface area contributed by atoms with Crippen LogP contribution in [0.15, 0.2) is 12.3 Å². The molecule has 0 fully saturated rings. The summed E-state index contributed by atoms with van der Waals surface area (Å²) in [6.45, 7) is 7.75. The van der Waals surface area contributed by atoms with Gasteiger partial charge in [-0.25, -0.2) is 4.98 Å². The lowest BCUT2D eigenvalue weighted by Crippen LogP contribution is -2.28. The van der Waals surface area contributed by atoms with Crippen molar-refractivity contribution in [3.05, 3.63) is 22.8 Å². The van der Waals surface area contributed by atoms with Crippen molar-refractivity contribution < 1.29 is 4.79 Å². The minimum Gasteiger partial charge on any atom is -0.369 e. The highest BCUT2D eigenvalue weighted by Crippen LogP contribution is 2.20. The van der Waals surface area contributed by atoms with Crippen molar-refractivity contribution in [2.45, 2.75) is 33.6 Å². The van der Waals surface area contributed by atoms with Crippen LogP contribution in [0.1, 0.15) is 44.0 Å². The highest BCUT2D eigenvalue weighted by molar-refractivity contribution is 6.33. The van der Waals surface area contributed by atoms with Crippen LogP contribution in [0, 0.1) is 5.92 Å². The molecule has 0 aliphatic heterocycles. The molecule has 0 bridgehead atoms. The minimum atomic E-state index is -0.128. The normalized spacial score (nSPS) is 12.0. The summed E-state index contributed by atoms with van der Waals surface area (Å²) in [5.74, 6) is 0.969. The lowest BCUT2D eigenvalue weighted by molar-refractivity contribution is 0.0947. The van der Waals surface area contributed by atoms with Gasteiger partial charge >= 0.3 is 0 Å². The Hall–Kier alpha value is -1.29. The quantitative estimate of drug-likeness (QED) is 0.807. The number of amides is 1. The first-order chi connectivity index (χ1) is 9.08. The molecule has 0 saturated carbocycles. The third-order valence-corrected chi connectivity index (χ3v) is 3.24. The first-order valence-corrected chi connectivity index (χ1v) is 7.13. The molecule has 1 heterocycles. The fourth-order valence-corrected chi connectivity index (χ4v) is 1.68. The Labute approximate surface area is 120 Å². The zero-order valence-corrected chi connectivity index (χ0v) is 12.5. The van der Waals surface area contributed by atoms with Crippen LogP contribution in [0.4, 0.5) is 5.82 Å². The maximum absolute atomic E-state index is 11.9. The van der Waals surface area contributed by atoms with Crippen molar-refractivity contribution in [1.82, 2.24) is 10.3 Å². The van der Waals surface area contributed by atoms with Crippen molar-refractivity contribution >= 4 is 23.3 Å². The van der Waals surface area contributed by atoms with E-state index in [1.54, 1.807) is 12.3 Å². The standard InChI is InChI=1S/C14H22ClN3O/c1-4-6-16-13-12(15)7-11(9-17-13)14(19)18-8-10(3)5-2/h7,9-10H,4-6,8H2,1-3H3,(H,16,17)(H,18,19). The molecule has 4 nitrogen and oxygen atoms in total. The highest BCUT2D eigenvalue weighted by Gasteiger charge is 2.10. The van der Waals surface area contributed by atoms with E-state index in [-0.39, 0.29) is 5.91 Å². The smallest absolute Gasteiger partial charge is 0.252 e. The number of hydrogen-bond donors (Lipinski definition) is 2. The molecule has 2 N–H and O–H groups in total. The molecular formula is C14H22ClN3O. The number of anilines is 1. The second-order valence-corrected chi connectivity index (χ2v) is 5.11. The van der Waals surface area contributed by atoms with Gasteiger partial charge in [-0.3, -0.25) is 4.79 Å². The predicted molar refractivity (Wildman–Crippen MR) is 79.8 cm³/mol. The van der Waals surface area contributed by atoms with Crippen molar-refractivity contribution in [2.75, 3.05) is 18.4 Å². The molecule has 0 spiro atoms. The van der Waals surface area contributed by atoms with E-state index in [0.717, 1.165) is 19.4 Å². The summed E-state index contributed by atoms with van der Waals surface area (Å²) in [6.07, 6.45) is 3.59. The van der Waals surface area contributed by atoms with Crippen molar-refractivity contribution in [1.29, 1.82) is 0 Å². The number of pyridine rings is 1. The molecule has 0 aromatic carbocycles. The summed E-state index contributed by atoms with van der Waals surface area (Å²) in [5, 5.41) is 6.47. The molecule has 0 aliphatic rings. The van der Waals surface area contributed by atoms with Gasteiger partial charge in [0.15, 0.2) is 0 Å². The Morgan fingerprint density at radius 3 is 2.79 bits per heavy atom. The van der Waals surface area contributed by atoms with Gasteiger partial charge in [0.25, 0.3) is 5.91 Å². The van der Waals surface area contributed by atoms with E-state index < -0.39 is 0 Å². The van der Waals surface area contributed by atoms with E-state index >= 15 is 0 Å². The molecule has 106 valence electrons. The zero-order valence-electron chi connectivity index (χ0n) is 11.8. The largest absolute Gasteiger partial charge is 0.369 e. The number of rotatable bonds is 7. The van der Waals surface area contributed by atoms with Crippen molar-refractivity contribution in [3.8, 4) is 0 Å². The van der Waals surface area contributed by atoms with E-state index in [2.05, 4.69) is 36.4 Å². The van der Waals surface area contributed by atoms with Gasteiger partial charge in [-0.2, -0.15) is 0 Å². The Bertz CT molecular complexity index is 423. The van der Waals surface area contributed by atoms with Gasteiger partial charge in [0.2, 0.25) is 0 Å². The van der Waals surface area contributed by atoms with Gasteiger partial charge in [0, 0.05) is 19.3 Å². The molecule has 0 aliphatic carbocycles. The van der Waals surface area contributed by atoms with Crippen LogP contribution >= 0.6 is 11.6 Å². The second kappa shape index (κ2) is 8.00. The van der Waals surface area contributed by atoms with E-state index in [1.807, 2.05) is 0 Å². The summed E-state index contributed by atoms with van der Waals surface area (Å²) in [4.78, 5) is 16.1. The Morgan fingerprint density at radius 2 is 2.21 bits per heavy atom. The first-order valence-electron chi connectivity index (χ1n) is 6.76. The van der Waals surface area contributed by atoms with E-state index in [1.165, 1.54) is 0 Å². The van der Waals surface area contributed by atoms with Crippen molar-refractivity contribution in [3.63, 3.8) is 0 Å². The van der Waals surface area contributed by atoms with E-state index in [0.29, 0.717) is 28.9 Å². The molecule has 1 aromatic rings. The minimum absolute atomic E-state index is 0.128. The van der Waals surface area contributed by atoms with Gasteiger partial charge in [-0.1, -0.05) is 38.8 Å². The number of nitrogens with zero attached hydrogens (tertiary/aromatic N) is 1. The molecule has 1 unspecified atom stereocenters. The summed E-state index contributed by atoms with van der Waals surface area (Å²) in [5.41, 5.74) is 0.496. The fraction of sp³-hybridized carbons (Fsp3) is 0.571. The molecule has 5 heteroatoms. The molecule has 1 atom stereocenters. The second-order valence-electron chi connectivity index (χ2n) is 4.70. The van der Waals surface area contributed by atoms with Gasteiger partial charge in [-0.15, -0.1) is 0 Å². The number of halogens is 1. The number of carbonyl (C=O) groups excluding carboxylic acids is 1. The van der Waals surface area contributed by atoms with E-state index in [4.69, 9.17) is 11.6 Å². The third kappa shape index (κ3) is 5.07. The molecule has 19 heavy (non-hydrogen) atoms. The molecule has 0 saturated heterocycles. The number of carbonyl (C=O) groups is 1. The average molecular weight is 284 g/mol. The van der Waals surface area contributed by atoms with Gasteiger partial charge in [0.05, 0.1) is 10.6 Å². The summed E-state index contributed by atoms with van der Waals surface area (Å²) >= 11 is 6.09. The predicted octanol–water partition coefficient (Wildman–Crippen LogP) is 3.33. The lowest BCUT2D eigenvalue weighted by atomic mass is 10.1. The summed E-state index contributed by atoms with van der Waals surface area (Å²) in [7, 11) is 0. The van der Waals surface area contributed by atoms with Crippen LogP contribution in [-0.4, -0.2) is 24.0 Å². The summed E-state index contributed by atoms with van der Waals surface area (Å²) < 4.78 is 0. The highest BCUT2D eigenvalue weighted by atomic mass is 35.5. The third-order valence-electron chi connectivity index (χ3n) is 2.95. The first kappa shape index (κ1) is 15.8. The summed E-state index contributed by atoms with van der Waals surface area (Å²) in [6, 6.07) is 1.65. The topological polar surface area (TPSA) is 54.0 Å². The van der Waals surface area contributed by atoms with Crippen LogP contribution in [-0.2, 0) is 0 Å². The molecule has 1 amide bonds. The van der Waals surface area contributed by atoms with Crippen molar-refractivity contribution in [2.24, 2.45) is 5.92 Å². The Kier molecular flexibility index (Phi) is 6.64. The average Bonchev–Trinajstić information content (AvgIpc) is 2.42. The SMILES string of the molecule is CCCNc1ncc(C(=O)NCC(C)CC)cc1Cl. The fourth-order valence-electron chi connectivity index (χ4n) is 1.45. The van der Waals surface area contributed by atoms with Crippen LogP contribution in [0.3, 0.4) is 0 Å². The zero-order chi connectivity index (χ0) is 14.3.